The van der Waals surface area contributed by atoms with Crippen LogP contribution in [-0.4, -0.2) is 16.1 Å². The number of rotatable bonds is 5. The molecule has 62 valence electrons. The van der Waals surface area contributed by atoms with Gasteiger partial charge in [-0.05, 0) is 24.3 Å². The van der Waals surface area contributed by atoms with Gasteiger partial charge in [0.25, 0.3) is 0 Å². The molecule has 0 heterocycles. The maximum atomic E-state index is 2.29. The van der Waals surface area contributed by atoms with Crippen LogP contribution >= 0.6 is 23.5 Å². The van der Waals surface area contributed by atoms with E-state index < -0.39 is 0 Å². The molecule has 0 N–H and O–H groups in total. The third-order valence-electron chi connectivity index (χ3n) is 1.07. The van der Waals surface area contributed by atoms with Crippen LogP contribution in [-0.2, 0) is 0 Å². The van der Waals surface area contributed by atoms with Gasteiger partial charge in [0.05, 0.1) is 0 Å². The van der Waals surface area contributed by atoms with Crippen LogP contribution in [0.4, 0.5) is 0 Å². The van der Waals surface area contributed by atoms with E-state index in [1.807, 2.05) is 11.8 Å². The van der Waals surface area contributed by atoms with Crippen molar-refractivity contribution in [2.45, 2.75) is 32.3 Å². The average Bonchev–Trinajstić information content (AvgIpc) is 1.85. The Kier molecular flexibility index (Phi) is 6.86. The Hall–Kier alpha value is 0.700. The third kappa shape index (κ3) is 6.81. The summed E-state index contributed by atoms with van der Waals surface area (Å²) in [5.74, 6) is 3.38. The van der Waals surface area contributed by atoms with Crippen LogP contribution in [0.1, 0.15) is 27.7 Å². The van der Waals surface area contributed by atoms with Crippen LogP contribution in [0.5, 0.6) is 0 Å². The van der Waals surface area contributed by atoms with Gasteiger partial charge in [0, 0.05) is 4.58 Å². The zero-order valence-electron chi connectivity index (χ0n) is 7.39. The van der Waals surface area contributed by atoms with Gasteiger partial charge in [0.15, 0.2) is 0 Å². The van der Waals surface area contributed by atoms with Crippen molar-refractivity contribution in [1.29, 1.82) is 0 Å². The Bertz CT molecular complexity index is 71.7. The second-order valence-electron chi connectivity index (χ2n) is 2.75. The second-order valence-corrected chi connectivity index (χ2v) is 6.04. The van der Waals surface area contributed by atoms with Gasteiger partial charge in [-0.1, -0.05) is 20.8 Å². The molecule has 0 radical (unpaired) electrons. The van der Waals surface area contributed by atoms with Crippen molar-refractivity contribution >= 4 is 23.5 Å². The van der Waals surface area contributed by atoms with E-state index in [4.69, 9.17) is 0 Å². The van der Waals surface area contributed by atoms with Crippen LogP contribution in [0, 0.1) is 5.92 Å². The lowest BCUT2D eigenvalue weighted by atomic mass is 10.3. The predicted molar refractivity (Wildman–Crippen MR) is 54.9 cm³/mol. The smallest absolute Gasteiger partial charge is 0.0474 e. The van der Waals surface area contributed by atoms with Crippen molar-refractivity contribution in [3.05, 3.63) is 0 Å². The van der Waals surface area contributed by atoms with Crippen LogP contribution in [0.25, 0.3) is 0 Å². The first-order chi connectivity index (χ1) is 4.66. The van der Waals surface area contributed by atoms with Gasteiger partial charge in [0.1, 0.15) is 0 Å². The molecule has 1 atom stereocenters. The average molecular weight is 178 g/mol. The molecule has 0 aliphatic rings. The van der Waals surface area contributed by atoms with Gasteiger partial charge >= 0.3 is 0 Å². The maximum Gasteiger partial charge on any atom is 0.0474 e. The van der Waals surface area contributed by atoms with Gasteiger partial charge in [-0.2, -0.15) is 0 Å². The first-order valence-electron chi connectivity index (χ1n) is 3.90. The molecule has 0 spiro atoms. The van der Waals surface area contributed by atoms with Crippen LogP contribution < -0.4 is 0 Å². The Morgan fingerprint density at radius 3 is 2.10 bits per heavy atom. The van der Waals surface area contributed by atoms with E-state index in [9.17, 15) is 0 Å². The summed E-state index contributed by atoms with van der Waals surface area (Å²) in [4.78, 5) is 0. The van der Waals surface area contributed by atoms with Gasteiger partial charge in [-0.25, -0.2) is 0 Å². The highest BCUT2D eigenvalue weighted by Crippen LogP contribution is 2.24. The third-order valence-corrected chi connectivity index (χ3v) is 4.01. The molecule has 0 aromatic carbocycles. The number of hydrogen-bond acceptors (Lipinski definition) is 2. The predicted octanol–water partition coefficient (Wildman–Crippen LogP) is 3.47. The lowest BCUT2D eigenvalue weighted by Crippen LogP contribution is -1.97. The van der Waals surface area contributed by atoms with Crippen molar-refractivity contribution < 1.29 is 0 Å². The van der Waals surface area contributed by atoms with E-state index in [1.54, 1.807) is 0 Å². The van der Waals surface area contributed by atoms with E-state index in [0.29, 0.717) is 0 Å². The zero-order valence-corrected chi connectivity index (χ0v) is 9.02. The standard InChI is InChI=1S/C8H18S2/c1-5-9-8(4)10-6-7(2)3/h7-8H,5-6H2,1-4H3. The first kappa shape index (κ1) is 10.7. The molecule has 0 aliphatic carbocycles. The zero-order chi connectivity index (χ0) is 7.98. The molecular formula is C8H18S2. The van der Waals surface area contributed by atoms with Gasteiger partial charge in [-0.3, -0.25) is 0 Å². The lowest BCUT2D eigenvalue weighted by Gasteiger charge is -2.10. The van der Waals surface area contributed by atoms with Gasteiger partial charge < -0.3 is 0 Å². The molecule has 0 aromatic heterocycles. The molecule has 0 fully saturated rings. The Labute approximate surface area is 73.5 Å². The molecule has 0 bridgehead atoms. The fourth-order valence-electron chi connectivity index (χ4n) is 0.611. The summed E-state index contributed by atoms with van der Waals surface area (Å²) >= 11 is 4.11. The van der Waals surface area contributed by atoms with Crippen molar-refractivity contribution in [2.24, 2.45) is 5.92 Å². The minimum atomic E-state index is 0.785. The molecule has 0 nitrogen and oxygen atoms in total. The molecule has 0 saturated heterocycles. The van der Waals surface area contributed by atoms with Crippen molar-refractivity contribution in [3.63, 3.8) is 0 Å². The van der Waals surface area contributed by atoms with Gasteiger partial charge in [-0.15, -0.1) is 23.5 Å². The summed E-state index contributed by atoms with van der Waals surface area (Å²) in [7, 11) is 0. The summed E-state index contributed by atoms with van der Waals surface area (Å²) < 4.78 is 0.785. The molecule has 1 unspecified atom stereocenters. The van der Waals surface area contributed by atoms with E-state index in [1.165, 1.54) is 11.5 Å². The molecule has 0 saturated carbocycles. The lowest BCUT2D eigenvalue weighted by molar-refractivity contribution is 0.750. The molecule has 2 heteroatoms. The minimum Gasteiger partial charge on any atom is -0.148 e. The SMILES string of the molecule is CCSC(C)SCC(C)C. The summed E-state index contributed by atoms with van der Waals surface area (Å²) in [5.41, 5.74) is 0. The normalized spacial score (nSPS) is 14.1. The van der Waals surface area contributed by atoms with E-state index in [2.05, 4.69) is 39.5 Å². The van der Waals surface area contributed by atoms with E-state index in [0.717, 1.165) is 10.5 Å². The fraction of sp³-hybridized carbons (Fsp3) is 1.00. The van der Waals surface area contributed by atoms with Crippen LogP contribution in [0.3, 0.4) is 0 Å². The monoisotopic (exact) mass is 178 g/mol. The summed E-state index contributed by atoms with van der Waals surface area (Å²) in [5, 5.41) is 0. The summed E-state index contributed by atoms with van der Waals surface area (Å²) in [6, 6.07) is 0. The molecule has 0 aromatic rings. The Balaban J connectivity index is 3.12. The number of thioether (sulfide) groups is 2. The summed E-state index contributed by atoms with van der Waals surface area (Å²) in [6.45, 7) is 9.06. The Morgan fingerprint density at radius 2 is 1.70 bits per heavy atom. The molecule has 10 heavy (non-hydrogen) atoms. The molecule has 0 amide bonds. The van der Waals surface area contributed by atoms with Crippen LogP contribution in [0.15, 0.2) is 0 Å². The molecular weight excluding hydrogens is 160 g/mol. The van der Waals surface area contributed by atoms with Crippen molar-refractivity contribution in [1.82, 2.24) is 0 Å². The first-order valence-corrected chi connectivity index (χ1v) is 5.99. The Morgan fingerprint density at radius 1 is 1.10 bits per heavy atom. The van der Waals surface area contributed by atoms with Crippen molar-refractivity contribution in [2.75, 3.05) is 11.5 Å². The highest BCUT2D eigenvalue weighted by Gasteiger charge is 2.01. The highest BCUT2D eigenvalue weighted by molar-refractivity contribution is 8.16. The highest BCUT2D eigenvalue weighted by atomic mass is 32.2. The van der Waals surface area contributed by atoms with Crippen LogP contribution in [0.2, 0.25) is 0 Å². The van der Waals surface area contributed by atoms with Gasteiger partial charge in [0.2, 0.25) is 0 Å². The maximum absolute atomic E-state index is 2.29. The topological polar surface area (TPSA) is 0 Å². The quantitative estimate of drug-likeness (QED) is 0.591. The van der Waals surface area contributed by atoms with Crippen molar-refractivity contribution in [3.8, 4) is 0 Å². The minimum absolute atomic E-state index is 0.785. The number of hydrogen-bond donors (Lipinski definition) is 0. The largest absolute Gasteiger partial charge is 0.148 e. The summed E-state index contributed by atoms with van der Waals surface area (Å²) in [6.07, 6.45) is 0. The fourth-order valence-corrected chi connectivity index (χ4v) is 2.76. The van der Waals surface area contributed by atoms with E-state index >= 15 is 0 Å². The van der Waals surface area contributed by atoms with E-state index in [-0.39, 0.29) is 0 Å². The molecule has 0 rings (SSSR count). The second kappa shape index (κ2) is 6.41. The molecule has 0 aliphatic heterocycles.